The number of benzene rings is 2. The molecule has 7 nitrogen and oxygen atoms in total. The van der Waals surface area contributed by atoms with E-state index in [4.69, 9.17) is 4.74 Å². The molecular weight excluding hydrogens is 444 g/mol. The molecule has 0 unspecified atom stereocenters. The van der Waals surface area contributed by atoms with Crippen molar-refractivity contribution in [2.45, 2.75) is 40.0 Å². The van der Waals surface area contributed by atoms with E-state index in [1.807, 2.05) is 45.0 Å². The molecule has 0 bridgehead atoms. The third-order valence-corrected chi connectivity index (χ3v) is 7.09. The molecule has 7 heteroatoms. The molecule has 3 amide bonds. The lowest BCUT2D eigenvalue weighted by Crippen LogP contribution is -2.31. The molecule has 2 saturated heterocycles. The minimum atomic E-state index is -0.598. The van der Waals surface area contributed by atoms with E-state index in [0.717, 1.165) is 22.4 Å². The van der Waals surface area contributed by atoms with Gasteiger partial charge in [0.15, 0.2) is 0 Å². The lowest BCUT2D eigenvalue weighted by Gasteiger charge is -2.19. The van der Waals surface area contributed by atoms with Crippen LogP contribution in [0.15, 0.2) is 54.1 Å². The maximum atomic E-state index is 13.0. The number of carbonyl (C=O) groups is 4. The minimum Gasteiger partial charge on any atom is -0.426 e. The van der Waals surface area contributed by atoms with Gasteiger partial charge in [0.25, 0.3) is 0 Å². The summed E-state index contributed by atoms with van der Waals surface area (Å²) >= 11 is 0. The first-order chi connectivity index (χ1) is 16.7. The summed E-state index contributed by atoms with van der Waals surface area (Å²) < 4.78 is 5.61. The zero-order valence-electron chi connectivity index (χ0n) is 20.1. The number of carbonyl (C=O) groups excluding carboxylic acids is 4. The number of esters is 1. The van der Waals surface area contributed by atoms with Crippen LogP contribution in [0.25, 0.3) is 0 Å². The number of ether oxygens (including phenoxy) is 1. The fourth-order valence-electron chi connectivity index (χ4n) is 5.40. The van der Waals surface area contributed by atoms with Gasteiger partial charge in [0.2, 0.25) is 17.7 Å². The molecule has 0 spiro atoms. The van der Waals surface area contributed by atoms with Crippen LogP contribution in [0.4, 0.5) is 11.4 Å². The third kappa shape index (κ3) is 4.27. The fourth-order valence-corrected chi connectivity index (χ4v) is 5.40. The summed E-state index contributed by atoms with van der Waals surface area (Å²) in [5.74, 6) is -2.06. The Kier molecular flexibility index (Phi) is 5.79. The Bertz CT molecular complexity index is 1260. The van der Waals surface area contributed by atoms with Crippen molar-refractivity contribution in [3.63, 3.8) is 0 Å². The van der Waals surface area contributed by atoms with Crippen molar-refractivity contribution >= 4 is 35.1 Å². The van der Waals surface area contributed by atoms with Gasteiger partial charge in [-0.3, -0.25) is 19.2 Å². The topological polar surface area (TPSA) is 84.0 Å². The van der Waals surface area contributed by atoms with E-state index in [0.29, 0.717) is 18.5 Å². The molecule has 35 heavy (non-hydrogen) atoms. The molecule has 5 rings (SSSR count). The van der Waals surface area contributed by atoms with Crippen molar-refractivity contribution in [2.24, 2.45) is 17.8 Å². The zero-order chi connectivity index (χ0) is 24.9. The molecule has 180 valence electrons. The van der Waals surface area contributed by atoms with E-state index >= 15 is 0 Å². The number of aryl methyl sites for hydroxylation is 2. The molecule has 0 N–H and O–H groups in total. The predicted molar refractivity (Wildman–Crippen MR) is 131 cm³/mol. The Balaban J connectivity index is 1.30. The molecule has 3 atom stereocenters. The maximum absolute atomic E-state index is 13.0. The lowest BCUT2D eigenvalue weighted by molar-refractivity contribution is -0.139. The number of nitrogens with zero attached hydrogens (tertiary/aromatic N) is 2. The number of rotatable bonds is 4. The van der Waals surface area contributed by atoms with Crippen LogP contribution in [-0.4, -0.2) is 30.2 Å². The quantitative estimate of drug-likeness (QED) is 0.289. The van der Waals surface area contributed by atoms with Crippen LogP contribution in [-0.2, 0) is 19.2 Å². The highest BCUT2D eigenvalue weighted by molar-refractivity contribution is 6.22. The maximum Gasteiger partial charge on any atom is 0.316 e. The van der Waals surface area contributed by atoms with Crippen LogP contribution in [0.1, 0.15) is 37.3 Å². The van der Waals surface area contributed by atoms with Gasteiger partial charge in [-0.1, -0.05) is 23.8 Å². The molecule has 3 aliphatic rings. The van der Waals surface area contributed by atoms with Gasteiger partial charge in [-0.05, 0) is 69.0 Å². The second-order valence-electron chi connectivity index (χ2n) is 9.88. The summed E-state index contributed by atoms with van der Waals surface area (Å²) in [6, 6.07) is 12.4. The molecule has 2 aliphatic heterocycles. The van der Waals surface area contributed by atoms with Gasteiger partial charge in [0.1, 0.15) is 5.75 Å². The average Bonchev–Trinajstić information content (AvgIpc) is 3.31. The molecule has 0 radical (unpaired) electrons. The van der Waals surface area contributed by atoms with Gasteiger partial charge < -0.3 is 9.64 Å². The summed E-state index contributed by atoms with van der Waals surface area (Å²) in [6.45, 7) is 6.17. The van der Waals surface area contributed by atoms with Crippen LogP contribution >= 0.6 is 0 Å². The van der Waals surface area contributed by atoms with E-state index in [9.17, 15) is 19.2 Å². The molecule has 0 aromatic heterocycles. The minimum absolute atomic E-state index is 0.0737. The summed E-state index contributed by atoms with van der Waals surface area (Å²) in [6.07, 6.45) is 3.26. The Morgan fingerprint density at radius 1 is 0.886 bits per heavy atom. The van der Waals surface area contributed by atoms with Crippen molar-refractivity contribution in [1.82, 2.24) is 0 Å². The number of hydrogen-bond acceptors (Lipinski definition) is 5. The number of imide groups is 1. The molecule has 2 heterocycles. The molecule has 2 fully saturated rings. The zero-order valence-corrected chi connectivity index (χ0v) is 20.1. The highest BCUT2D eigenvalue weighted by Gasteiger charge is 2.48. The van der Waals surface area contributed by atoms with E-state index in [2.05, 4.69) is 0 Å². The van der Waals surface area contributed by atoms with Crippen LogP contribution in [0.3, 0.4) is 0 Å². The summed E-state index contributed by atoms with van der Waals surface area (Å²) in [5, 5.41) is 0. The first-order valence-electron chi connectivity index (χ1n) is 11.9. The Hall–Kier alpha value is -3.74. The van der Waals surface area contributed by atoms with Crippen LogP contribution in [0.2, 0.25) is 0 Å². The van der Waals surface area contributed by atoms with E-state index in [1.54, 1.807) is 29.2 Å². The normalized spacial score (nSPS) is 24.0. The molecule has 0 saturated carbocycles. The largest absolute Gasteiger partial charge is 0.426 e. The van der Waals surface area contributed by atoms with Gasteiger partial charge in [-0.15, -0.1) is 0 Å². The molecule has 2 aromatic rings. The van der Waals surface area contributed by atoms with Crippen LogP contribution < -0.4 is 14.5 Å². The number of hydrogen-bond donors (Lipinski definition) is 0. The Morgan fingerprint density at radius 2 is 1.60 bits per heavy atom. The van der Waals surface area contributed by atoms with E-state index < -0.39 is 11.9 Å². The highest BCUT2D eigenvalue weighted by Crippen LogP contribution is 2.40. The van der Waals surface area contributed by atoms with Crippen molar-refractivity contribution in [1.29, 1.82) is 0 Å². The number of fused-ring (bicyclic) bond motifs is 1. The number of allylic oxidation sites excluding steroid dienone is 2. The van der Waals surface area contributed by atoms with Gasteiger partial charge in [0.05, 0.1) is 23.4 Å². The van der Waals surface area contributed by atoms with Crippen molar-refractivity contribution in [3.05, 3.63) is 65.2 Å². The Labute approximate surface area is 204 Å². The first-order valence-corrected chi connectivity index (χ1v) is 11.9. The average molecular weight is 473 g/mol. The fraction of sp³-hybridized carbons (Fsp3) is 0.357. The monoisotopic (exact) mass is 472 g/mol. The standard InChI is InChI=1S/C28H28N2O5/c1-16-7-8-23-24(12-16)27(33)30(26(23)32)20-5-4-6-22(14-20)35-28(34)19-13-25(31)29(15-19)21-10-17(2)9-18(3)11-21/h4-7,9-11,14,19,23-24H,8,12-13,15H2,1-3H3/t19-,23+,24+/m1/s1. The Morgan fingerprint density at radius 3 is 2.34 bits per heavy atom. The third-order valence-electron chi connectivity index (χ3n) is 7.09. The molecular formula is C28H28N2O5. The first kappa shape index (κ1) is 23.0. The second-order valence-corrected chi connectivity index (χ2v) is 9.88. The van der Waals surface area contributed by atoms with Gasteiger partial charge in [-0.2, -0.15) is 0 Å². The SMILES string of the molecule is CC1=CC[C@@H]2C(=O)N(c3cccc(OC(=O)[C@@H]4CC(=O)N(c5cc(C)cc(C)c5)C4)c3)C(=O)[C@H]2C1. The molecule has 2 aromatic carbocycles. The molecule has 1 aliphatic carbocycles. The smallest absolute Gasteiger partial charge is 0.316 e. The summed E-state index contributed by atoms with van der Waals surface area (Å²) in [7, 11) is 0. The number of anilines is 2. The van der Waals surface area contributed by atoms with Crippen molar-refractivity contribution in [3.8, 4) is 5.75 Å². The predicted octanol–water partition coefficient (Wildman–Crippen LogP) is 4.11. The van der Waals surface area contributed by atoms with Crippen molar-refractivity contribution < 1.29 is 23.9 Å². The summed E-state index contributed by atoms with van der Waals surface area (Å²) in [5.41, 5.74) is 4.40. The van der Waals surface area contributed by atoms with E-state index in [-0.39, 0.29) is 48.3 Å². The van der Waals surface area contributed by atoms with Gasteiger partial charge >= 0.3 is 5.97 Å². The van der Waals surface area contributed by atoms with Gasteiger partial charge in [0, 0.05) is 24.7 Å². The van der Waals surface area contributed by atoms with Crippen LogP contribution in [0, 0.1) is 31.6 Å². The van der Waals surface area contributed by atoms with Crippen LogP contribution in [0.5, 0.6) is 5.75 Å². The van der Waals surface area contributed by atoms with E-state index in [1.165, 1.54) is 4.90 Å². The van der Waals surface area contributed by atoms with Crippen molar-refractivity contribution in [2.75, 3.05) is 16.3 Å². The van der Waals surface area contributed by atoms with Gasteiger partial charge in [-0.25, -0.2) is 4.90 Å². The second kappa shape index (κ2) is 8.80. The highest BCUT2D eigenvalue weighted by atomic mass is 16.5. The number of amides is 3. The lowest BCUT2D eigenvalue weighted by atomic mass is 9.82. The summed E-state index contributed by atoms with van der Waals surface area (Å²) in [4.78, 5) is 54.4.